The third-order valence-corrected chi connectivity index (χ3v) is 2.20. The Kier molecular flexibility index (Phi) is 5.72. The van der Waals surface area contributed by atoms with Crippen LogP contribution in [0.15, 0.2) is 30.3 Å². The molecule has 0 saturated carbocycles. The summed E-state index contributed by atoms with van der Waals surface area (Å²) in [6, 6.07) is 10.7. The Labute approximate surface area is 91.5 Å². The first kappa shape index (κ1) is 11.6. The predicted molar refractivity (Wildman–Crippen MR) is 65.8 cm³/mol. The van der Waals surface area contributed by atoms with Gasteiger partial charge in [-0.2, -0.15) is 11.8 Å². The maximum Gasteiger partial charge on any atom is 0.0233 e. The van der Waals surface area contributed by atoms with E-state index in [-0.39, 0.29) is 0 Å². The van der Waals surface area contributed by atoms with Gasteiger partial charge in [-0.25, -0.2) is 0 Å². The van der Waals surface area contributed by atoms with E-state index in [9.17, 15) is 0 Å². The lowest BCUT2D eigenvalue weighted by Crippen LogP contribution is -2.36. The highest BCUT2D eigenvalue weighted by atomic mass is 32.2. The summed E-state index contributed by atoms with van der Waals surface area (Å²) in [5.74, 6) is 0. The Morgan fingerprint density at radius 3 is 2.14 bits per heavy atom. The van der Waals surface area contributed by atoms with Crippen LogP contribution in [0.2, 0.25) is 0 Å². The van der Waals surface area contributed by atoms with E-state index in [1.165, 1.54) is 25.1 Å². The molecule has 1 aromatic carbocycles. The van der Waals surface area contributed by atoms with Gasteiger partial charge in [0, 0.05) is 6.54 Å². The van der Waals surface area contributed by atoms with Gasteiger partial charge in [-0.05, 0) is 37.6 Å². The van der Waals surface area contributed by atoms with Crippen LogP contribution in [0.1, 0.15) is 12.0 Å². The molecule has 1 aromatic rings. The minimum atomic E-state index is 1.14. The van der Waals surface area contributed by atoms with E-state index < -0.39 is 0 Å². The third-order valence-electron chi connectivity index (χ3n) is 2.20. The topological polar surface area (TPSA) is 3.24 Å². The zero-order chi connectivity index (χ0) is 10.2. The molecule has 0 bridgehead atoms. The molecular formula is C12H19NS. The van der Waals surface area contributed by atoms with Crippen LogP contribution in [-0.2, 0) is 6.54 Å². The molecule has 0 amide bonds. The second-order valence-corrected chi connectivity index (χ2v) is 4.34. The summed E-state index contributed by atoms with van der Waals surface area (Å²) in [6.45, 7) is 3.71. The Balaban J connectivity index is 0.000000293. The van der Waals surface area contributed by atoms with Crippen molar-refractivity contribution in [3.8, 4) is 0 Å². The summed E-state index contributed by atoms with van der Waals surface area (Å²) in [7, 11) is 0. The second-order valence-electron chi connectivity index (χ2n) is 3.52. The highest BCUT2D eigenvalue weighted by molar-refractivity contribution is 7.97. The van der Waals surface area contributed by atoms with Gasteiger partial charge in [-0.15, -0.1) is 0 Å². The van der Waals surface area contributed by atoms with Gasteiger partial charge in [0.15, 0.2) is 0 Å². The Morgan fingerprint density at radius 2 is 1.71 bits per heavy atom. The lowest BCUT2D eigenvalue weighted by Gasteiger charge is -2.30. The van der Waals surface area contributed by atoms with E-state index in [1.807, 2.05) is 12.5 Å². The molecule has 78 valence electrons. The van der Waals surface area contributed by atoms with Crippen LogP contribution in [0, 0.1) is 0 Å². The Morgan fingerprint density at radius 1 is 1.14 bits per heavy atom. The van der Waals surface area contributed by atoms with Crippen molar-refractivity contribution in [2.24, 2.45) is 0 Å². The van der Waals surface area contributed by atoms with E-state index in [0.29, 0.717) is 0 Å². The molecule has 0 atom stereocenters. The number of benzene rings is 1. The van der Waals surface area contributed by atoms with Gasteiger partial charge in [0.2, 0.25) is 0 Å². The van der Waals surface area contributed by atoms with E-state index in [1.54, 1.807) is 11.8 Å². The lowest BCUT2D eigenvalue weighted by molar-refractivity contribution is 0.172. The average Bonchev–Trinajstić information content (AvgIpc) is 2.15. The summed E-state index contributed by atoms with van der Waals surface area (Å²) in [4.78, 5) is 2.47. The SMILES string of the molecule is CSC.c1ccc(CN2CCC2)cc1. The van der Waals surface area contributed by atoms with Crippen molar-refractivity contribution in [2.45, 2.75) is 13.0 Å². The molecule has 1 nitrogen and oxygen atoms in total. The zero-order valence-corrected chi connectivity index (χ0v) is 9.89. The van der Waals surface area contributed by atoms with Crippen LogP contribution in [0.4, 0.5) is 0 Å². The van der Waals surface area contributed by atoms with Gasteiger partial charge < -0.3 is 0 Å². The van der Waals surface area contributed by atoms with Crippen LogP contribution in [0.3, 0.4) is 0 Å². The molecule has 2 heteroatoms. The monoisotopic (exact) mass is 209 g/mol. The number of hydrogen-bond donors (Lipinski definition) is 0. The summed E-state index contributed by atoms with van der Waals surface area (Å²) in [6.07, 6.45) is 5.47. The Bertz CT molecular complexity index is 231. The second kappa shape index (κ2) is 6.91. The number of rotatable bonds is 2. The molecule has 1 fully saturated rings. The summed E-state index contributed by atoms with van der Waals surface area (Å²) >= 11 is 1.75. The highest BCUT2D eigenvalue weighted by Gasteiger charge is 2.12. The van der Waals surface area contributed by atoms with Crippen molar-refractivity contribution >= 4 is 11.8 Å². The molecule has 0 aromatic heterocycles. The summed E-state index contributed by atoms with van der Waals surface area (Å²) in [5.41, 5.74) is 1.44. The minimum Gasteiger partial charge on any atom is -0.299 e. The fraction of sp³-hybridized carbons (Fsp3) is 0.500. The van der Waals surface area contributed by atoms with E-state index in [0.717, 1.165) is 6.54 Å². The van der Waals surface area contributed by atoms with Crippen molar-refractivity contribution in [3.63, 3.8) is 0 Å². The molecule has 1 saturated heterocycles. The summed E-state index contributed by atoms with van der Waals surface area (Å²) < 4.78 is 0. The summed E-state index contributed by atoms with van der Waals surface area (Å²) in [5, 5.41) is 0. The predicted octanol–water partition coefficient (Wildman–Crippen LogP) is 2.87. The van der Waals surface area contributed by atoms with Gasteiger partial charge in [0.05, 0.1) is 0 Å². The van der Waals surface area contributed by atoms with Gasteiger partial charge in [-0.1, -0.05) is 30.3 Å². The van der Waals surface area contributed by atoms with Crippen LogP contribution in [0.25, 0.3) is 0 Å². The molecule has 1 aliphatic rings. The first-order chi connectivity index (χ1) is 6.86. The average molecular weight is 209 g/mol. The molecule has 0 spiro atoms. The van der Waals surface area contributed by atoms with Crippen LogP contribution >= 0.6 is 11.8 Å². The van der Waals surface area contributed by atoms with Crippen molar-refractivity contribution in [3.05, 3.63) is 35.9 Å². The van der Waals surface area contributed by atoms with Gasteiger partial charge in [0.1, 0.15) is 0 Å². The molecular weight excluding hydrogens is 190 g/mol. The normalized spacial score (nSPS) is 15.3. The number of thioether (sulfide) groups is 1. The first-order valence-corrected chi connectivity index (χ1v) is 6.66. The molecule has 1 aliphatic heterocycles. The van der Waals surface area contributed by atoms with Gasteiger partial charge >= 0.3 is 0 Å². The van der Waals surface area contributed by atoms with Crippen LogP contribution in [0.5, 0.6) is 0 Å². The molecule has 1 heterocycles. The minimum absolute atomic E-state index is 1.14. The van der Waals surface area contributed by atoms with Crippen molar-refractivity contribution in [1.82, 2.24) is 4.90 Å². The van der Waals surface area contributed by atoms with Gasteiger partial charge in [-0.3, -0.25) is 4.90 Å². The molecule has 2 rings (SSSR count). The lowest BCUT2D eigenvalue weighted by atomic mass is 10.1. The maximum absolute atomic E-state index is 2.47. The fourth-order valence-electron chi connectivity index (χ4n) is 1.38. The van der Waals surface area contributed by atoms with E-state index in [4.69, 9.17) is 0 Å². The molecule has 0 aliphatic carbocycles. The molecule has 0 N–H and O–H groups in total. The molecule has 14 heavy (non-hydrogen) atoms. The van der Waals surface area contributed by atoms with Crippen LogP contribution < -0.4 is 0 Å². The van der Waals surface area contributed by atoms with Crippen molar-refractivity contribution in [1.29, 1.82) is 0 Å². The quantitative estimate of drug-likeness (QED) is 0.737. The first-order valence-electron chi connectivity index (χ1n) is 5.03. The van der Waals surface area contributed by atoms with E-state index >= 15 is 0 Å². The third kappa shape index (κ3) is 4.16. The zero-order valence-electron chi connectivity index (χ0n) is 9.07. The largest absolute Gasteiger partial charge is 0.299 e. The van der Waals surface area contributed by atoms with E-state index in [2.05, 4.69) is 35.2 Å². The highest BCUT2D eigenvalue weighted by Crippen LogP contribution is 2.11. The number of likely N-dealkylation sites (tertiary alicyclic amines) is 1. The molecule has 0 unspecified atom stereocenters. The fourth-order valence-corrected chi connectivity index (χ4v) is 1.38. The number of hydrogen-bond acceptors (Lipinski definition) is 2. The molecule has 0 radical (unpaired) electrons. The Hall–Kier alpha value is -0.470. The van der Waals surface area contributed by atoms with Crippen molar-refractivity contribution < 1.29 is 0 Å². The van der Waals surface area contributed by atoms with Crippen LogP contribution in [-0.4, -0.2) is 30.5 Å². The smallest absolute Gasteiger partial charge is 0.0233 e. The maximum atomic E-state index is 2.47. The number of nitrogens with zero attached hydrogens (tertiary/aromatic N) is 1. The van der Waals surface area contributed by atoms with Crippen molar-refractivity contribution in [2.75, 3.05) is 25.6 Å². The standard InChI is InChI=1S/C10H13N.C2H6S/c1-2-5-10(6-3-1)9-11-7-4-8-11;1-3-2/h1-3,5-6H,4,7-9H2;1-2H3. The van der Waals surface area contributed by atoms with Gasteiger partial charge in [0.25, 0.3) is 0 Å².